The predicted octanol–water partition coefficient (Wildman–Crippen LogP) is 3.03. The van der Waals surface area contributed by atoms with Crippen molar-refractivity contribution < 1.29 is 18.0 Å². The number of piperidine rings is 1. The molecule has 1 aliphatic heterocycles. The Bertz CT molecular complexity index is 945. The molecule has 0 saturated carbocycles. The number of carbonyl (C=O) groups is 1. The molecule has 1 saturated heterocycles. The average molecular weight is 363 g/mol. The van der Waals surface area contributed by atoms with Crippen molar-refractivity contribution in [2.24, 2.45) is 0 Å². The van der Waals surface area contributed by atoms with E-state index >= 15 is 0 Å². The van der Waals surface area contributed by atoms with Gasteiger partial charge in [0.1, 0.15) is 6.33 Å². The molecule has 0 N–H and O–H groups in total. The van der Waals surface area contributed by atoms with E-state index in [2.05, 4.69) is 10.1 Å². The summed E-state index contributed by atoms with van der Waals surface area (Å²) in [7, 11) is 0. The number of fused-ring (bicyclic) bond motifs is 1. The van der Waals surface area contributed by atoms with E-state index in [9.17, 15) is 18.0 Å². The molecule has 0 aromatic carbocycles. The summed E-state index contributed by atoms with van der Waals surface area (Å²) in [5, 5.41) is 3.65. The van der Waals surface area contributed by atoms with Crippen LogP contribution in [0, 0.1) is 0 Å². The lowest BCUT2D eigenvalue weighted by Gasteiger charge is -2.32. The molecule has 1 aliphatic rings. The van der Waals surface area contributed by atoms with Crippen molar-refractivity contribution in [3.63, 3.8) is 0 Å². The van der Waals surface area contributed by atoms with Crippen molar-refractivity contribution in [2.45, 2.75) is 25.1 Å². The van der Waals surface area contributed by atoms with Crippen molar-refractivity contribution in [1.29, 1.82) is 0 Å². The van der Waals surface area contributed by atoms with Gasteiger partial charge in [-0.15, -0.1) is 0 Å². The first-order chi connectivity index (χ1) is 12.4. The van der Waals surface area contributed by atoms with E-state index in [1.807, 2.05) is 18.2 Å². The Labute approximate surface area is 146 Å². The number of likely N-dealkylation sites (tertiary alicyclic amines) is 1. The summed E-state index contributed by atoms with van der Waals surface area (Å²) in [5.41, 5.74) is 0.141. The zero-order valence-corrected chi connectivity index (χ0v) is 13.7. The number of alkyl halides is 3. The Morgan fingerprint density at radius 2 is 2.04 bits per heavy atom. The lowest BCUT2D eigenvalue weighted by atomic mass is 10.1. The SMILES string of the molecule is O=C(c1ncn2ccccc12)N1CCCC(n2ccc(C(F)(F)F)n2)C1. The van der Waals surface area contributed by atoms with Crippen LogP contribution in [0.25, 0.3) is 5.52 Å². The molecule has 6 nitrogen and oxygen atoms in total. The number of halogens is 3. The highest BCUT2D eigenvalue weighted by molar-refractivity contribution is 5.99. The maximum atomic E-state index is 12.9. The molecule has 1 amide bonds. The van der Waals surface area contributed by atoms with Gasteiger partial charge >= 0.3 is 6.18 Å². The molecule has 1 unspecified atom stereocenters. The van der Waals surface area contributed by atoms with Crippen LogP contribution in [-0.2, 0) is 6.18 Å². The number of imidazole rings is 1. The molecule has 4 heterocycles. The lowest BCUT2D eigenvalue weighted by molar-refractivity contribution is -0.141. The minimum absolute atomic E-state index is 0.216. The highest BCUT2D eigenvalue weighted by Crippen LogP contribution is 2.29. The molecule has 4 rings (SSSR count). The number of carbonyl (C=O) groups excluding carboxylic acids is 1. The van der Waals surface area contributed by atoms with E-state index in [4.69, 9.17) is 0 Å². The molecule has 0 bridgehead atoms. The van der Waals surface area contributed by atoms with Crippen LogP contribution in [0.2, 0.25) is 0 Å². The smallest absolute Gasteiger partial charge is 0.335 e. The van der Waals surface area contributed by atoms with Crippen LogP contribution in [-0.4, -0.2) is 43.1 Å². The summed E-state index contributed by atoms with van der Waals surface area (Å²) in [5.74, 6) is -0.216. The summed E-state index contributed by atoms with van der Waals surface area (Å²) in [6.45, 7) is 0.859. The number of amides is 1. The van der Waals surface area contributed by atoms with Crippen LogP contribution in [0.15, 0.2) is 43.0 Å². The van der Waals surface area contributed by atoms with Gasteiger partial charge in [0, 0.05) is 25.5 Å². The topological polar surface area (TPSA) is 55.4 Å². The fourth-order valence-corrected chi connectivity index (χ4v) is 3.31. The van der Waals surface area contributed by atoms with Gasteiger partial charge in [0.05, 0.1) is 11.6 Å². The lowest BCUT2D eigenvalue weighted by Crippen LogP contribution is -2.41. The largest absolute Gasteiger partial charge is 0.435 e. The van der Waals surface area contributed by atoms with Gasteiger partial charge in [-0.05, 0) is 31.0 Å². The van der Waals surface area contributed by atoms with Crippen LogP contribution in [0.5, 0.6) is 0 Å². The van der Waals surface area contributed by atoms with Crippen molar-refractivity contribution in [3.8, 4) is 0 Å². The van der Waals surface area contributed by atoms with Crippen LogP contribution in [0.4, 0.5) is 13.2 Å². The molecular weight excluding hydrogens is 347 g/mol. The standard InChI is InChI=1S/C17H16F3N5O/c18-17(19,20)14-6-9-25(22-14)12-4-3-8-23(10-12)16(26)15-13-5-1-2-7-24(13)11-21-15/h1-2,5-7,9,11-12H,3-4,8,10H2. The second-order valence-corrected chi connectivity index (χ2v) is 6.31. The molecule has 136 valence electrons. The van der Waals surface area contributed by atoms with Gasteiger partial charge in [0.25, 0.3) is 5.91 Å². The Morgan fingerprint density at radius 1 is 1.19 bits per heavy atom. The summed E-state index contributed by atoms with van der Waals surface area (Å²) >= 11 is 0. The normalized spacial score (nSPS) is 18.4. The summed E-state index contributed by atoms with van der Waals surface area (Å²) < 4.78 is 41.3. The fourth-order valence-electron chi connectivity index (χ4n) is 3.31. The van der Waals surface area contributed by atoms with Gasteiger partial charge in [-0.3, -0.25) is 9.48 Å². The van der Waals surface area contributed by atoms with Crippen molar-refractivity contribution >= 4 is 11.4 Å². The molecule has 1 atom stereocenters. The Balaban J connectivity index is 1.55. The molecule has 9 heteroatoms. The average Bonchev–Trinajstić information content (AvgIpc) is 3.28. The molecular formula is C17H16F3N5O. The second-order valence-electron chi connectivity index (χ2n) is 6.31. The summed E-state index contributed by atoms with van der Waals surface area (Å²) in [4.78, 5) is 18.7. The minimum atomic E-state index is -4.47. The monoisotopic (exact) mass is 363 g/mol. The second kappa shape index (κ2) is 6.15. The van der Waals surface area contributed by atoms with Crippen molar-refractivity contribution in [3.05, 3.63) is 54.4 Å². The van der Waals surface area contributed by atoms with Crippen molar-refractivity contribution in [2.75, 3.05) is 13.1 Å². The zero-order valence-electron chi connectivity index (χ0n) is 13.7. The van der Waals surface area contributed by atoms with E-state index in [0.717, 1.165) is 6.07 Å². The van der Waals surface area contributed by atoms with Gasteiger partial charge in [0.15, 0.2) is 11.4 Å². The van der Waals surface area contributed by atoms with E-state index in [0.29, 0.717) is 37.1 Å². The van der Waals surface area contributed by atoms with E-state index in [1.165, 1.54) is 10.9 Å². The molecule has 1 fully saturated rings. The third kappa shape index (κ3) is 2.93. The first kappa shape index (κ1) is 16.6. The maximum Gasteiger partial charge on any atom is 0.435 e. The third-order valence-corrected chi connectivity index (χ3v) is 4.60. The molecule has 26 heavy (non-hydrogen) atoms. The Morgan fingerprint density at radius 3 is 2.81 bits per heavy atom. The number of nitrogens with zero attached hydrogens (tertiary/aromatic N) is 5. The number of rotatable bonds is 2. The van der Waals surface area contributed by atoms with Crippen LogP contribution in [0.1, 0.15) is 35.1 Å². The Hall–Kier alpha value is -2.84. The number of aromatic nitrogens is 4. The highest BCUT2D eigenvalue weighted by Gasteiger charge is 2.35. The molecule has 0 spiro atoms. The minimum Gasteiger partial charge on any atom is -0.335 e. The van der Waals surface area contributed by atoms with Gasteiger partial charge < -0.3 is 9.30 Å². The molecule has 0 radical (unpaired) electrons. The van der Waals surface area contributed by atoms with Crippen LogP contribution < -0.4 is 0 Å². The highest BCUT2D eigenvalue weighted by atomic mass is 19.4. The quantitative estimate of drug-likeness (QED) is 0.703. The fraction of sp³-hybridized carbons (Fsp3) is 0.353. The number of pyridine rings is 1. The number of hydrogen-bond acceptors (Lipinski definition) is 3. The molecule has 0 aliphatic carbocycles. The third-order valence-electron chi connectivity index (χ3n) is 4.60. The van der Waals surface area contributed by atoms with E-state index in [-0.39, 0.29) is 11.9 Å². The first-order valence-electron chi connectivity index (χ1n) is 8.27. The summed E-state index contributed by atoms with van der Waals surface area (Å²) in [6.07, 6.45) is 1.61. The Kier molecular flexibility index (Phi) is 3.93. The maximum absolute atomic E-state index is 12.9. The number of hydrogen-bond donors (Lipinski definition) is 0. The first-order valence-corrected chi connectivity index (χ1v) is 8.27. The van der Waals surface area contributed by atoms with Gasteiger partial charge in [-0.25, -0.2) is 4.98 Å². The van der Waals surface area contributed by atoms with Gasteiger partial charge in [-0.2, -0.15) is 18.3 Å². The zero-order chi connectivity index (χ0) is 18.3. The van der Waals surface area contributed by atoms with Crippen LogP contribution in [0.3, 0.4) is 0 Å². The molecule has 3 aromatic rings. The van der Waals surface area contributed by atoms with Gasteiger partial charge in [-0.1, -0.05) is 6.07 Å². The van der Waals surface area contributed by atoms with E-state index in [1.54, 1.807) is 21.8 Å². The van der Waals surface area contributed by atoms with Gasteiger partial charge in [0.2, 0.25) is 0 Å². The van der Waals surface area contributed by atoms with Crippen molar-refractivity contribution in [1.82, 2.24) is 24.1 Å². The predicted molar refractivity (Wildman–Crippen MR) is 86.6 cm³/mol. The molecule has 3 aromatic heterocycles. The van der Waals surface area contributed by atoms with E-state index < -0.39 is 11.9 Å². The van der Waals surface area contributed by atoms with Crippen LogP contribution >= 0.6 is 0 Å². The summed E-state index contributed by atoms with van der Waals surface area (Å²) in [6, 6.07) is 6.16.